The molecule has 5 nitrogen and oxygen atoms in total. The van der Waals surface area contributed by atoms with E-state index in [0.717, 1.165) is 24.6 Å². The van der Waals surface area contributed by atoms with Gasteiger partial charge in [0.15, 0.2) is 5.76 Å². The van der Waals surface area contributed by atoms with Crippen molar-refractivity contribution in [3.63, 3.8) is 0 Å². The quantitative estimate of drug-likeness (QED) is 0.135. The molecular weight excluding hydrogens is 630 g/mol. The molecule has 0 fully saturated rings. The maximum atomic E-state index is 12.3. The van der Waals surface area contributed by atoms with Crippen LogP contribution < -0.4 is 10.2 Å². The highest BCUT2D eigenvalue weighted by Crippen LogP contribution is 2.26. The summed E-state index contributed by atoms with van der Waals surface area (Å²) in [6, 6.07) is 18.1. The number of carbonyl (C=O) groups excluding carboxylic acids is 1. The summed E-state index contributed by atoms with van der Waals surface area (Å²) in [5, 5.41) is 5.99. The number of benzene rings is 3. The van der Waals surface area contributed by atoms with Gasteiger partial charge in [0.25, 0.3) is 0 Å². The lowest BCUT2D eigenvalue weighted by molar-refractivity contribution is 0.0929. The molecule has 4 rings (SSSR count). The molecule has 1 amide bonds. The Hall–Kier alpha value is -2.07. The van der Waals surface area contributed by atoms with E-state index in [9.17, 15) is 4.79 Å². The van der Waals surface area contributed by atoms with E-state index in [4.69, 9.17) is 32.4 Å². The van der Waals surface area contributed by atoms with Crippen molar-refractivity contribution in [3.8, 4) is 5.75 Å². The molecule has 0 unspecified atom stereocenters. The van der Waals surface area contributed by atoms with Gasteiger partial charge in [-0.15, -0.1) is 0 Å². The Bertz CT molecular complexity index is 1340. The molecule has 1 N–H and O–H groups in total. The fourth-order valence-electron chi connectivity index (χ4n) is 2.86. The first-order valence-electron chi connectivity index (χ1n) is 9.28. The standard InChI is InChI=1S/C23H14BrCl2IN2O3/c24-16-3-6-20-15(8-16)9-22(32-20)23(30)29-28-11-13-1-5-21(19(27)7-13)31-12-14-2-4-17(25)10-18(14)26/h1-11H,12H2,(H,29,30)/b28-11+. The lowest BCUT2D eigenvalue weighted by atomic mass is 10.2. The maximum absolute atomic E-state index is 12.3. The number of halogens is 4. The van der Waals surface area contributed by atoms with Gasteiger partial charge in [0.2, 0.25) is 0 Å². The SMILES string of the molecule is O=C(N/N=C/c1ccc(OCc2ccc(Cl)cc2Cl)c(I)c1)c1cc2cc(Br)ccc2o1. The lowest BCUT2D eigenvalue weighted by Gasteiger charge is -2.10. The van der Waals surface area contributed by atoms with Crippen molar-refractivity contribution in [2.75, 3.05) is 0 Å². The average Bonchev–Trinajstić information content (AvgIpc) is 3.17. The van der Waals surface area contributed by atoms with Crippen LogP contribution in [-0.4, -0.2) is 12.1 Å². The van der Waals surface area contributed by atoms with Gasteiger partial charge in [0.05, 0.1) is 9.78 Å². The Kier molecular flexibility index (Phi) is 7.40. The van der Waals surface area contributed by atoms with Crippen molar-refractivity contribution in [2.24, 2.45) is 5.10 Å². The maximum Gasteiger partial charge on any atom is 0.307 e. The van der Waals surface area contributed by atoms with Crippen LogP contribution in [0.25, 0.3) is 11.0 Å². The monoisotopic (exact) mass is 642 g/mol. The predicted octanol–water partition coefficient (Wildman–Crippen LogP) is 7.45. The van der Waals surface area contributed by atoms with E-state index in [1.54, 1.807) is 30.5 Å². The number of hydrazone groups is 1. The van der Waals surface area contributed by atoms with Gasteiger partial charge in [0.1, 0.15) is 17.9 Å². The second kappa shape index (κ2) is 10.2. The molecule has 0 aliphatic carbocycles. The highest BCUT2D eigenvalue weighted by atomic mass is 127. The summed E-state index contributed by atoms with van der Waals surface area (Å²) in [6.07, 6.45) is 1.55. The number of amides is 1. The number of nitrogens with zero attached hydrogens (tertiary/aromatic N) is 1. The van der Waals surface area contributed by atoms with Crippen molar-refractivity contribution in [1.29, 1.82) is 0 Å². The molecule has 0 bridgehead atoms. The normalized spacial score (nSPS) is 11.2. The summed E-state index contributed by atoms with van der Waals surface area (Å²) >= 11 is 17.7. The largest absolute Gasteiger partial charge is 0.488 e. The number of fused-ring (bicyclic) bond motifs is 1. The fraction of sp³-hybridized carbons (Fsp3) is 0.0435. The fourth-order valence-corrected chi connectivity index (χ4v) is 4.39. The van der Waals surface area contributed by atoms with Crippen molar-refractivity contribution >= 4 is 84.8 Å². The van der Waals surface area contributed by atoms with Crippen LogP contribution in [-0.2, 0) is 6.61 Å². The molecule has 0 aliphatic heterocycles. The van der Waals surface area contributed by atoms with Crippen LogP contribution in [0, 0.1) is 3.57 Å². The summed E-state index contributed by atoms with van der Waals surface area (Å²) < 4.78 is 13.2. The van der Waals surface area contributed by atoms with E-state index in [0.29, 0.717) is 28.0 Å². The van der Waals surface area contributed by atoms with E-state index in [1.807, 2.05) is 36.4 Å². The summed E-state index contributed by atoms with van der Waals surface area (Å²) in [4.78, 5) is 12.3. The van der Waals surface area contributed by atoms with Gasteiger partial charge < -0.3 is 9.15 Å². The minimum absolute atomic E-state index is 0.189. The Labute approximate surface area is 216 Å². The molecule has 0 spiro atoms. The third-order valence-corrected chi connectivity index (χ3v) is 6.36. The number of hydrogen-bond acceptors (Lipinski definition) is 4. The molecule has 0 aliphatic rings. The molecule has 3 aromatic carbocycles. The number of furan rings is 1. The van der Waals surface area contributed by atoms with Gasteiger partial charge in [-0.05, 0) is 82.8 Å². The number of hydrogen-bond donors (Lipinski definition) is 1. The van der Waals surface area contributed by atoms with Gasteiger partial charge in [-0.25, -0.2) is 5.43 Å². The van der Waals surface area contributed by atoms with Crippen molar-refractivity contribution in [2.45, 2.75) is 6.61 Å². The molecule has 9 heteroatoms. The van der Waals surface area contributed by atoms with E-state index >= 15 is 0 Å². The average molecular weight is 644 g/mol. The first kappa shape index (κ1) is 23.1. The Morgan fingerprint density at radius 3 is 2.75 bits per heavy atom. The first-order valence-corrected chi connectivity index (χ1v) is 11.9. The van der Waals surface area contributed by atoms with E-state index in [-0.39, 0.29) is 5.76 Å². The molecule has 1 aromatic heterocycles. The third kappa shape index (κ3) is 5.64. The number of rotatable bonds is 6. The highest BCUT2D eigenvalue weighted by Gasteiger charge is 2.12. The molecular formula is C23H14BrCl2IN2O3. The Morgan fingerprint density at radius 1 is 1.12 bits per heavy atom. The van der Waals surface area contributed by atoms with E-state index in [2.05, 4.69) is 49.0 Å². The van der Waals surface area contributed by atoms with Crippen LogP contribution in [0.5, 0.6) is 5.75 Å². The van der Waals surface area contributed by atoms with Crippen LogP contribution in [0.4, 0.5) is 0 Å². The highest BCUT2D eigenvalue weighted by molar-refractivity contribution is 14.1. The summed E-state index contributed by atoms with van der Waals surface area (Å²) in [5.74, 6) is 0.476. The molecule has 162 valence electrons. The zero-order valence-electron chi connectivity index (χ0n) is 16.2. The zero-order valence-corrected chi connectivity index (χ0v) is 21.5. The van der Waals surface area contributed by atoms with Crippen molar-refractivity contribution in [3.05, 3.63) is 95.6 Å². The number of nitrogens with one attached hydrogen (secondary N) is 1. The minimum Gasteiger partial charge on any atom is -0.488 e. The van der Waals surface area contributed by atoms with Gasteiger partial charge in [-0.3, -0.25) is 4.79 Å². The van der Waals surface area contributed by atoms with Crippen LogP contribution in [0.15, 0.2) is 74.7 Å². The van der Waals surface area contributed by atoms with E-state index in [1.165, 1.54) is 0 Å². The number of carbonyl (C=O) groups is 1. The second-order valence-corrected chi connectivity index (χ2v) is 9.63. The number of ether oxygens (including phenoxy) is 1. The van der Waals surface area contributed by atoms with Crippen LogP contribution in [0.3, 0.4) is 0 Å². The van der Waals surface area contributed by atoms with Crippen molar-refractivity contribution < 1.29 is 13.9 Å². The predicted molar refractivity (Wildman–Crippen MR) is 139 cm³/mol. The van der Waals surface area contributed by atoms with Crippen molar-refractivity contribution in [1.82, 2.24) is 5.43 Å². The zero-order chi connectivity index (χ0) is 22.7. The molecule has 0 saturated heterocycles. The van der Waals surface area contributed by atoms with Crippen LogP contribution >= 0.6 is 61.7 Å². The second-order valence-electron chi connectivity index (χ2n) is 6.71. The van der Waals surface area contributed by atoms with Crippen LogP contribution in [0.2, 0.25) is 10.0 Å². The Morgan fingerprint density at radius 2 is 1.97 bits per heavy atom. The molecule has 0 saturated carbocycles. The summed E-state index contributed by atoms with van der Waals surface area (Å²) in [6.45, 7) is 0.323. The third-order valence-electron chi connectivity index (χ3n) is 4.44. The van der Waals surface area contributed by atoms with Crippen LogP contribution in [0.1, 0.15) is 21.7 Å². The van der Waals surface area contributed by atoms with Gasteiger partial charge in [-0.2, -0.15) is 5.10 Å². The summed E-state index contributed by atoms with van der Waals surface area (Å²) in [7, 11) is 0. The lowest BCUT2D eigenvalue weighted by Crippen LogP contribution is -2.16. The smallest absolute Gasteiger partial charge is 0.307 e. The molecule has 1 heterocycles. The van der Waals surface area contributed by atoms with E-state index < -0.39 is 5.91 Å². The topological polar surface area (TPSA) is 63.8 Å². The molecule has 0 atom stereocenters. The molecule has 4 aromatic rings. The Balaban J connectivity index is 1.37. The molecule has 32 heavy (non-hydrogen) atoms. The van der Waals surface area contributed by atoms with Gasteiger partial charge >= 0.3 is 5.91 Å². The summed E-state index contributed by atoms with van der Waals surface area (Å²) in [5.41, 5.74) is 4.76. The van der Waals surface area contributed by atoms with Gasteiger partial charge in [0, 0.05) is 25.5 Å². The molecule has 0 radical (unpaired) electrons. The minimum atomic E-state index is -0.428. The first-order chi connectivity index (χ1) is 15.4. The van der Waals surface area contributed by atoms with Gasteiger partial charge in [-0.1, -0.05) is 45.2 Å².